The Kier molecular flexibility index (Phi) is 4.74. The summed E-state index contributed by atoms with van der Waals surface area (Å²) >= 11 is 0. The average molecular weight is 230 g/mol. The van der Waals surface area contributed by atoms with Crippen LogP contribution in [0.2, 0.25) is 0 Å². The van der Waals surface area contributed by atoms with Crippen molar-refractivity contribution in [3.63, 3.8) is 0 Å². The molecule has 0 aromatic carbocycles. The first-order valence-electron chi connectivity index (χ1n) is 5.94. The van der Waals surface area contributed by atoms with Gasteiger partial charge in [-0.2, -0.15) is 0 Å². The fourth-order valence-corrected chi connectivity index (χ4v) is 1.66. The van der Waals surface area contributed by atoms with Crippen molar-refractivity contribution >= 4 is 5.97 Å². The highest BCUT2D eigenvalue weighted by Crippen LogP contribution is 2.22. The predicted octanol–water partition coefficient (Wildman–Crippen LogP) is 1.65. The van der Waals surface area contributed by atoms with Crippen LogP contribution >= 0.6 is 0 Å². The Morgan fingerprint density at radius 2 is 2.12 bits per heavy atom. The van der Waals surface area contributed by atoms with Crippen molar-refractivity contribution in [3.8, 4) is 0 Å². The topological polar surface area (TPSA) is 55.8 Å². The van der Waals surface area contributed by atoms with Crippen molar-refractivity contribution < 1.29 is 19.4 Å². The summed E-state index contributed by atoms with van der Waals surface area (Å²) in [4.78, 5) is 11.4. The number of hydrogen-bond donors (Lipinski definition) is 1. The molecule has 1 saturated carbocycles. The Balaban J connectivity index is 2.20. The van der Waals surface area contributed by atoms with Crippen LogP contribution in [0.1, 0.15) is 46.5 Å². The smallest absolute Gasteiger partial charge is 0.332 e. The van der Waals surface area contributed by atoms with Gasteiger partial charge in [-0.1, -0.05) is 6.92 Å². The van der Waals surface area contributed by atoms with Gasteiger partial charge in [-0.15, -0.1) is 0 Å². The highest BCUT2D eigenvalue weighted by atomic mass is 16.6. The van der Waals surface area contributed by atoms with E-state index in [0.717, 1.165) is 19.3 Å². The monoisotopic (exact) mass is 230 g/mol. The van der Waals surface area contributed by atoms with Gasteiger partial charge in [-0.05, 0) is 39.5 Å². The SMILES string of the molecule is CCC(C)(C)OC(=O)COC1CCC(O)C1. The van der Waals surface area contributed by atoms with Crippen molar-refractivity contribution in [2.24, 2.45) is 0 Å². The number of carbonyl (C=O) groups excluding carboxylic acids is 1. The van der Waals surface area contributed by atoms with E-state index in [1.807, 2.05) is 20.8 Å². The van der Waals surface area contributed by atoms with E-state index in [2.05, 4.69) is 0 Å². The third-order valence-corrected chi connectivity index (χ3v) is 3.04. The minimum absolute atomic E-state index is 0.00675. The van der Waals surface area contributed by atoms with E-state index in [1.165, 1.54) is 0 Å². The van der Waals surface area contributed by atoms with E-state index in [1.54, 1.807) is 0 Å². The molecule has 0 aromatic rings. The zero-order valence-corrected chi connectivity index (χ0v) is 10.4. The van der Waals surface area contributed by atoms with Crippen molar-refractivity contribution in [1.82, 2.24) is 0 Å². The normalized spacial score (nSPS) is 25.8. The molecule has 2 atom stereocenters. The van der Waals surface area contributed by atoms with Crippen molar-refractivity contribution in [3.05, 3.63) is 0 Å². The van der Waals surface area contributed by atoms with Gasteiger partial charge in [-0.25, -0.2) is 4.79 Å². The minimum Gasteiger partial charge on any atom is -0.458 e. The summed E-state index contributed by atoms with van der Waals surface area (Å²) in [5.41, 5.74) is -0.421. The second kappa shape index (κ2) is 5.64. The van der Waals surface area contributed by atoms with Gasteiger partial charge < -0.3 is 14.6 Å². The highest BCUT2D eigenvalue weighted by molar-refractivity contribution is 5.71. The molecule has 1 aliphatic carbocycles. The van der Waals surface area contributed by atoms with Crippen LogP contribution in [0.15, 0.2) is 0 Å². The lowest BCUT2D eigenvalue weighted by atomic mass is 10.1. The Labute approximate surface area is 96.9 Å². The lowest BCUT2D eigenvalue weighted by Gasteiger charge is -2.23. The number of esters is 1. The van der Waals surface area contributed by atoms with Crippen molar-refractivity contribution in [1.29, 1.82) is 0 Å². The van der Waals surface area contributed by atoms with Crippen LogP contribution in [0, 0.1) is 0 Å². The van der Waals surface area contributed by atoms with Gasteiger partial charge in [0, 0.05) is 0 Å². The summed E-state index contributed by atoms with van der Waals surface area (Å²) in [6.07, 6.45) is 2.73. The van der Waals surface area contributed by atoms with Crippen LogP contribution in [-0.4, -0.2) is 35.5 Å². The van der Waals surface area contributed by atoms with Gasteiger partial charge in [0.05, 0.1) is 12.2 Å². The number of aliphatic hydroxyl groups excluding tert-OH is 1. The molecule has 94 valence electrons. The molecule has 1 aliphatic rings. The zero-order chi connectivity index (χ0) is 12.2. The number of rotatable bonds is 5. The summed E-state index contributed by atoms with van der Waals surface area (Å²) in [6.45, 7) is 5.72. The first-order valence-corrected chi connectivity index (χ1v) is 5.94. The van der Waals surface area contributed by atoms with Crippen LogP contribution < -0.4 is 0 Å². The Morgan fingerprint density at radius 1 is 1.44 bits per heavy atom. The zero-order valence-electron chi connectivity index (χ0n) is 10.4. The predicted molar refractivity (Wildman–Crippen MR) is 60.1 cm³/mol. The quantitative estimate of drug-likeness (QED) is 0.730. The van der Waals surface area contributed by atoms with Gasteiger partial charge in [0.2, 0.25) is 0 Å². The van der Waals surface area contributed by atoms with Crippen molar-refractivity contribution in [2.75, 3.05) is 6.61 Å². The summed E-state index contributed by atoms with van der Waals surface area (Å²) in [7, 11) is 0. The minimum atomic E-state index is -0.421. The lowest BCUT2D eigenvalue weighted by molar-refractivity contribution is -0.164. The second-order valence-corrected chi connectivity index (χ2v) is 4.99. The second-order valence-electron chi connectivity index (χ2n) is 4.99. The molecule has 0 radical (unpaired) electrons. The molecule has 1 fully saturated rings. The highest BCUT2D eigenvalue weighted by Gasteiger charge is 2.25. The van der Waals surface area contributed by atoms with Gasteiger partial charge in [0.1, 0.15) is 12.2 Å². The van der Waals surface area contributed by atoms with Gasteiger partial charge in [0.25, 0.3) is 0 Å². The van der Waals surface area contributed by atoms with E-state index < -0.39 is 5.60 Å². The summed E-state index contributed by atoms with van der Waals surface area (Å²) in [5.74, 6) is -0.326. The van der Waals surface area contributed by atoms with E-state index in [-0.39, 0.29) is 24.8 Å². The molecule has 0 aliphatic heterocycles. The maximum absolute atomic E-state index is 11.4. The molecule has 1 rings (SSSR count). The van der Waals surface area contributed by atoms with Crippen LogP contribution in [0.5, 0.6) is 0 Å². The standard InChI is InChI=1S/C12H22O4/c1-4-12(2,3)16-11(14)8-15-10-6-5-9(13)7-10/h9-10,13H,4-8H2,1-3H3. The van der Waals surface area contributed by atoms with E-state index in [9.17, 15) is 9.90 Å². The summed E-state index contributed by atoms with van der Waals surface area (Å²) in [5, 5.41) is 9.29. The molecule has 0 amide bonds. The maximum atomic E-state index is 11.4. The van der Waals surface area contributed by atoms with Gasteiger partial charge >= 0.3 is 5.97 Å². The molecule has 0 aromatic heterocycles. The summed E-state index contributed by atoms with van der Waals surface area (Å²) in [6, 6.07) is 0. The van der Waals surface area contributed by atoms with E-state index in [4.69, 9.17) is 9.47 Å². The molecule has 1 N–H and O–H groups in total. The molecule has 0 bridgehead atoms. The molecular weight excluding hydrogens is 208 g/mol. The van der Waals surface area contributed by atoms with Crippen LogP contribution in [0.4, 0.5) is 0 Å². The molecule has 4 heteroatoms. The number of hydrogen-bond acceptors (Lipinski definition) is 4. The Bertz CT molecular complexity index is 237. The molecule has 16 heavy (non-hydrogen) atoms. The van der Waals surface area contributed by atoms with Crippen molar-refractivity contribution in [2.45, 2.75) is 64.3 Å². The third kappa shape index (κ3) is 4.49. The molecule has 2 unspecified atom stereocenters. The lowest BCUT2D eigenvalue weighted by Crippen LogP contribution is -2.30. The Morgan fingerprint density at radius 3 is 2.62 bits per heavy atom. The van der Waals surface area contributed by atoms with Crippen LogP contribution in [-0.2, 0) is 14.3 Å². The molecule has 0 spiro atoms. The van der Waals surface area contributed by atoms with Gasteiger partial charge in [-0.3, -0.25) is 0 Å². The summed E-state index contributed by atoms with van der Waals surface area (Å²) < 4.78 is 10.6. The number of carbonyl (C=O) groups is 1. The molecule has 0 heterocycles. The fourth-order valence-electron chi connectivity index (χ4n) is 1.66. The van der Waals surface area contributed by atoms with Crippen LogP contribution in [0.25, 0.3) is 0 Å². The first-order chi connectivity index (χ1) is 7.43. The van der Waals surface area contributed by atoms with Gasteiger partial charge in [0.15, 0.2) is 0 Å². The third-order valence-electron chi connectivity index (χ3n) is 3.04. The fraction of sp³-hybridized carbons (Fsp3) is 0.917. The maximum Gasteiger partial charge on any atom is 0.332 e. The largest absolute Gasteiger partial charge is 0.458 e. The molecule has 4 nitrogen and oxygen atoms in total. The van der Waals surface area contributed by atoms with E-state index >= 15 is 0 Å². The van der Waals surface area contributed by atoms with Crippen LogP contribution in [0.3, 0.4) is 0 Å². The van der Waals surface area contributed by atoms with E-state index in [0.29, 0.717) is 6.42 Å². The first kappa shape index (κ1) is 13.5. The Hall–Kier alpha value is -0.610. The molecular formula is C12H22O4. The average Bonchev–Trinajstić information content (AvgIpc) is 2.61. The molecule has 0 saturated heterocycles. The number of aliphatic hydroxyl groups is 1. The number of ether oxygens (including phenoxy) is 2.